The number of hydrogen-bond donors (Lipinski definition) is 2. The second-order valence-corrected chi connectivity index (χ2v) is 6.88. The number of rotatable bonds is 4. The Morgan fingerprint density at radius 2 is 1.53 bits per heavy atom. The van der Waals surface area contributed by atoms with Gasteiger partial charge in [-0.3, -0.25) is 0 Å². The van der Waals surface area contributed by atoms with Gasteiger partial charge >= 0.3 is 0 Å². The molecule has 100 valence electrons. The van der Waals surface area contributed by atoms with Crippen molar-refractivity contribution in [2.75, 3.05) is 6.67 Å². The van der Waals surface area contributed by atoms with Crippen molar-refractivity contribution >= 4 is 0 Å². The number of nitrogens with one attached hydrogen (secondary N) is 2. The summed E-state index contributed by atoms with van der Waals surface area (Å²) in [6.07, 6.45) is 12.6. The highest BCUT2D eigenvalue weighted by atomic mass is 15.1. The highest BCUT2D eigenvalue weighted by Crippen LogP contribution is 2.34. The summed E-state index contributed by atoms with van der Waals surface area (Å²) in [6, 6.07) is 1.53. The van der Waals surface area contributed by atoms with Crippen molar-refractivity contribution in [1.82, 2.24) is 10.6 Å². The van der Waals surface area contributed by atoms with Crippen LogP contribution in [0.1, 0.15) is 71.6 Å². The highest BCUT2D eigenvalue weighted by Gasteiger charge is 2.27. The van der Waals surface area contributed by atoms with Crippen LogP contribution in [0, 0.1) is 5.41 Å². The lowest BCUT2D eigenvalue weighted by Gasteiger charge is -2.36. The molecule has 2 rings (SSSR count). The van der Waals surface area contributed by atoms with Crippen LogP contribution in [0.3, 0.4) is 0 Å². The van der Waals surface area contributed by atoms with Crippen molar-refractivity contribution in [2.45, 2.75) is 83.7 Å². The van der Waals surface area contributed by atoms with Gasteiger partial charge in [-0.15, -0.1) is 0 Å². The summed E-state index contributed by atoms with van der Waals surface area (Å²) in [5.74, 6) is 0. The highest BCUT2D eigenvalue weighted by molar-refractivity contribution is 4.83. The molecule has 2 saturated carbocycles. The zero-order valence-corrected chi connectivity index (χ0v) is 11.7. The van der Waals surface area contributed by atoms with Crippen molar-refractivity contribution in [3.05, 3.63) is 0 Å². The van der Waals surface area contributed by atoms with Gasteiger partial charge in [0.05, 0.1) is 0 Å². The molecule has 1 unspecified atom stereocenters. The Kier molecular flexibility index (Phi) is 4.87. The predicted molar refractivity (Wildman–Crippen MR) is 74.0 cm³/mol. The zero-order chi connectivity index (χ0) is 12.1. The van der Waals surface area contributed by atoms with E-state index in [1.807, 2.05) is 0 Å². The van der Waals surface area contributed by atoms with Crippen molar-refractivity contribution in [2.24, 2.45) is 5.41 Å². The van der Waals surface area contributed by atoms with Crippen LogP contribution >= 0.6 is 0 Å². The van der Waals surface area contributed by atoms with Gasteiger partial charge in [-0.1, -0.05) is 39.5 Å². The fourth-order valence-electron chi connectivity index (χ4n) is 3.53. The Morgan fingerprint density at radius 1 is 0.882 bits per heavy atom. The van der Waals surface area contributed by atoms with Gasteiger partial charge < -0.3 is 10.6 Å². The lowest BCUT2D eigenvalue weighted by molar-refractivity contribution is 0.194. The number of hydrogen-bond acceptors (Lipinski definition) is 2. The van der Waals surface area contributed by atoms with Crippen LogP contribution in [0.25, 0.3) is 0 Å². The molecule has 0 amide bonds. The Morgan fingerprint density at radius 3 is 2.24 bits per heavy atom. The summed E-state index contributed by atoms with van der Waals surface area (Å²) < 4.78 is 0. The van der Waals surface area contributed by atoms with Crippen LogP contribution in [0.15, 0.2) is 0 Å². The van der Waals surface area contributed by atoms with E-state index in [1.165, 1.54) is 57.8 Å². The molecule has 17 heavy (non-hydrogen) atoms. The minimum absolute atomic E-state index is 0.556. The van der Waals surface area contributed by atoms with Gasteiger partial charge in [0.2, 0.25) is 0 Å². The first-order chi connectivity index (χ1) is 8.16. The van der Waals surface area contributed by atoms with Gasteiger partial charge in [0.25, 0.3) is 0 Å². The van der Waals surface area contributed by atoms with Crippen LogP contribution in [-0.4, -0.2) is 18.8 Å². The van der Waals surface area contributed by atoms with Crippen LogP contribution in [-0.2, 0) is 0 Å². The molecule has 0 saturated heterocycles. The lowest BCUT2D eigenvalue weighted by atomic mass is 9.75. The average molecular weight is 238 g/mol. The molecule has 0 aliphatic heterocycles. The van der Waals surface area contributed by atoms with Crippen LogP contribution in [0.5, 0.6) is 0 Å². The summed E-state index contributed by atoms with van der Waals surface area (Å²) >= 11 is 0. The third-order valence-corrected chi connectivity index (χ3v) is 4.59. The molecular weight excluding hydrogens is 208 g/mol. The molecule has 0 radical (unpaired) electrons. The first-order valence-corrected chi connectivity index (χ1v) is 7.62. The summed E-state index contributed by atoms with van der Waals surface area (Å²) in [4.78, 5) is 0. The maximum atomic E-state index is 3.71. The molecular formula is C15H30N2. The third kappa shape index (κ3) is 4.59. The first kappa shape index (κ1) is 13.4. The molecule has 2 nitrogen and oxygen atoms in total. The molecule has 0 heterocycles. The molecule has 2 aliphatic carbocycles. The maximum absolute atomic E-state index is 3.71. The van der Waals surface area contributed by atoms with E-state index in [0.717, 1.165) is 18.8 Å². The van der Waals surface area contributed by atoms with Crippen LogP contribution in [0.4, 0.5) is 0 Å². The average Bonchev–Trinajstić information content (AvgIpc) is 2.29. The molecule has 0 bridgehead atoms. The second kappa shape index (κ2) is 6.19. The standard InChI is InChI=1S/C15H30N2/c1-15(2)10-6-9-14(11-15)17-12-16-13-7-4-3-5-8-13/h13-14,16-17H,3-12H2,1-2H3. The van der Waals surface area contributed by atoms with E-state index in [2.05, 4.69) is 24.5 Å². The minimum Gasteiger partial charge on any atom is -0.302 e. The van der Waals surface area contributed by atoms with Crippen molar-refractivity contribution < 1.29 is 0 Å². The molecule has 0 aromatic rings. The SMILES string of the molecule is CC1(C)CCCC(NCNC2CCCCC2)C1. The fraction of sp³-hybridized carbons (Fsp3) is 1.00. The monoisotopic (exact) mass is 238 g/mol. The Labute approximate surface area is 107 Å². The smallest absolute Gasteiger partial charge is 0.0458 e. The summed E-state index contributed by atoms with van der Waals surface area (Å²) in [7, 11) is 0. The molecule has 2 aliphatic rings. The van der Waals surface area contributed by atoms with E-state index < -0.39 is 0 Å². The summed E-state index contributed by atoms with van der Waals surface area (Å²) in [5, 5.41) is 7.40. The molecule has 2 heteroatoms. The first-order valence-electron chi connectivity index (χ1n) is 7.62. The van der Waals surface area contributed by atoms with Gasteiger partial charge in [0.1, 0.15) is 0 Å². The van der Waals surface area contributed by atoms with Crippen molar-refractivity contribution in [1.29, 1.82) is 0 Å². The van der Waals surface area contributed by atoms with Gasteiger partial charge in [-0.2, -0.15) is 0 Å². The van der Waals surface area contributed by atoms with E-state index in [1.54, 1.807) is 0 Å². The lowest BCUT2D eigenvalue weighted by Crippen LogP contribution is -2.45. The molecule has 1 atom stereocenters. The van der Waals surface area contributed by atoms with Gasteiger partial charge in [-0.05, 0) is 37.5 Å². The van der Waals surface area contributed by atoms with Crippen LogP contribution in [0.2, 0.25) is 0 Å². The normalized spacial score (nSPS) is 30.4. The quantitative estimate of drug-likeness (QED) is 0.733. The largest absolute Gasteiger partial charge is 0.302 e. The van der Waals surface area contributed by atoms with Gasteiger partial charge in [0.15, 0.2) is 0 Å². The molecule has 2 fully saturated rings. The van der Waals surface area contributed by atoms with Gasteiger partial charge in [0, 0.05) is 18.8 Å². The maximum Gasteiger partial charge on any atom is 0.0458 e. The van der Waals surface area contributed by atoms with E-state index in [-0.39, 0.29) is 0 Å². The Hall–Kier alpha value is -0.0800. The second-order valence-electron chi connectivity index (χ2n) is 6.88. The van der Waals surface area contributed by atoms with E-state index in [9.17, 15) is 0 Å². The topological polar surface area (TPSA) is 24.1 Å². The van der Waals surface area contributed by atoms with Crippen molar-refractivity contribution in [3.63, 3.8) is 0 Å². The predicted octanol–water partition coefficient (Wildman–Crippen LogP) is 3.42. The molecule has 0 aromatic heterocycles. The Balaban J connectivity index is 1.61. The molecule has 0 aromatic carbocycles. The molecule has 2 N–H and O–H groups in total. The van der Waals surface area contributed by atoms with E-state index >= 15 is 0 Å². The van der Waals surface area contributed by atoms with Gasteiger partial charge in [-0.25, -0.2) is 0 Å². The minimum atomic E-state index is 0.556. The zero-order valence-electron chi connectivity index (χ0n) is 11.7. The summed E-state index contributed by atoms with van der Waals surface area (Å²) in [6.45, 7) is 5.84. The molecule has 0 spiro atoms. The van der Waals surface area contributed by atoms with E-state index in [0.29, 0.717) is 5.41 Å². The third-order valence-electron chi connectivity index (χ3n) is 4.59. The van der Waals surface area contributed by atoms with Crippen LogP contribution < -0.4 is 10.6 Å². The Bertz CT molecular complexity index is 219. The van der Waals surface area contributed by atoms with E-state index in [4.69, 9.17) is 0 Å². The summed E-state index contributed by atoms with van der Waals surface area (Å²) in [5.41, 5.74) is 0.556. The fourth-order valence-corrected chi connectivity index (χ4v) is 3.53. The van der Waals surface area contributed by atoms with Crippen molar-refractivity contribution in [3.8, 4) is 0 Å².